The van der Waals surface area contributed by atoms with Crippen LogP contribution in [0.15, 0.2) is 60.1 Å². The number of amides is 2. The Labute approximate surface area is 148 Å². The van der Waals surface area contributed by atoms with Gasteiger partial charge in [0, 0.05) is 6.08 Å². The molecule has 2 N–H and O–H groups in total. The molecule has 0 aliphatic rings. The number of benzene rings is 1. The van der Waals surface area contributed by atoms with Gasteiger partial charge in [0.15, 0.2) is 0 Å². The highest BCUT2D eigenvalue weighted by Crippen LogP contribution is 2.07. The van der Waals surface area contributed by atoms with E-state index in [0.717, 1.165) is 5.56 Å². The van der Waals surface area contributed by atoms with Gasteiger partial charge in [-0.25, -0.2) is 4.68 Å². The number of hydrazine groups is 1. The van der Waals surface area contributed by atoms with Gasteiger partial charge in [-0.2, -0.15) is 0 Å². The second kappa shape index (κ2) is 8.02. The Morgan fingerprint density at radius 2 is 1.96 bits per heavy atom. The van der Waals surface area contributed by atoms with Crippen LogP contribution in [0.3, 0.4) is 0 Å². The Kier molecular flexibility index (Phi) is 5.32. The quantitative estimate of drug-likeness (QED) is 0.541. The fourth-order valence-corrected chi connectivity index (χ4v) is 2.65. The zero-order chi connectivity index (χ0) is 17.5. The van der Waals surface area contributed by atoms with Crippen molar-refractivity contribution in [2.45, 2.75) is 6.54 Å². The van der Waals surface area contributed by atoms with Crippen LogP contribution >= 0.6 is 11.3 Å². The number of carbonyl (C=O) groups excluding carboxylic acids is 2. The van der Waals surface area contributed by atoms with Gasteiger partial charge in [-0.15, -0.1) is 16.4 Å². The molecule has 2 aromatic heterocycles. The minimum Gasteiger partial charge on any atom is -0.268 e. The summed E-state index contributed by atoms with van der Waals surface area (Å²) in [6, 6.07) is 13.3. The lowest BCUT2D eigenvalue weighted by Crippen LogP contribution is -2.40. The molecule has 8 heteroatoms. The van der Waals surface area contributed by atoms with E-state index in [9.17, 15) is 9.59 Å². The monoisotopic (exact) mass is 353 g/mol. The highest BCUT2D eigenvalue weighted by molar-refractivity contribution is 7.12. The second-order valence-corrected chi connectivity index (χ2v) is 6.03. The molecule has 0 aliphatic heterocycles. The molecule has 3 aromatic rings. The van der Waals surface area contributed by atoms with E-state index >= 15 is 0 Å². The molecule has 0 bridgehead atoms. The molecule has 0 unspecified atom stereocenters. The fraction of sp³-hybridized carbons (Fsp3) is 0.0588. The van der Waals surface area contributed by atoms with Gasteiger partial charge in [-0.05, 0) is 23.1 Å². The molecular weight excluding hydrogens is 338 g/mol. The first-order valence-corrected chi connectivity index (χ1v) is 8.34. The van der Waals surface area contributed by atoms with Gasteiger partial charge in [0.1, 0.15) is 5.69 Å². The normalized spacial score (nSPS) is 10.7. The molecule has 0 saturated heterocycles. The van der Waals surface area contributed by atoms with Crippen molar-refractivity contribution in [2.24, 2.45) is 0 Å². The van der Waals surface area contributed by atoms with Crippen LogP contribution < -0.4 is 10.9 Å². The molecule has 7 nitrogen and oxygen atoms in total. The Balaban J connectivity index is 1.50. The number of hydrogen-bond acceptors (Lipinski definition) is 5. The molecule has 0 spiro atoms. The summed E-state index contributed by atoms with van der Waals surface area (Å²) >= 11 is 1.29. The zero-order valence-electron chi connectivity index (χ0n) is 13.1. The molecule has 2 heterocycles. The lowest BCUT2D eigenvalue weighted by Gasteiger charge is -2.02. The van der Waals surface area contributed by atoms with Crippen molar-refractivity contribution in [2.75, 3.05) is 0 Å². The number of nitrogens with one attached hydrogen (secondary N) is 2. The topological polar surface area (TPSA) is 88.9 Å². The van der Waals surface area contributed by atoms with Gasteiger partial charge in [0.2, 0.25) is 0 Å². The van der Waals surface area contributed by atoms with Crippen LogP contribution in [0.25, 0.3) is 6.08 Å². The number of rotatable bonds is 5. The van der Waals surface area contributed by atoms with E-state index in [1.165, 1.54) is 23.5 Å². The summed E-state index contributed by atoms with van der Waals surface area (Å²) in [4.78, 5) is 23.9. The lowest BCUT2D eigenvalue weighted by molar-refractivity contribution is -0.117. The van der Waals surface area contributed by atoms with Crippen molar-refractivity contribution in [1.29, 1.82) is 0 Å². The summed E-state index contributed by atoms with van der Waals surface area (Å²) in [6.45, 7) is 0.602. The second-order valence-electron chi connectivity index (χ2n) is 5.08. The summed E-state index contributed by atoms with van der Waals surface area (Å²) < 4.78 is 1.69. The van der Waals surface area contributed by atoms with Crippen LogP contribution in [0, 0.1) is 0 Å². The smallest absolute Gasteiger partial charge is 0.268 e. The Morgan fingerprint density at radius 1 is 1.12 bits per heavy atom. The molecule has 2 amide bonds. The first-order chi connectivity index (χ1) is 12.2. The predicted molar refractivity (Wildman–Crippen MR) is 94.5 cm³/mol. The highest BCUT2D eigenvalue weighted by atomic mass is 32.1. The Hall–Kier alpha value is -3.26. The molecule has 0 saturated carbocycles. The first-order valence-electron chi connectivity index (χ1n) is 7.47. The minimum atomic E-state index is -0.456. The molecule has 0 radical (unpaired) electrons. The number of nitrogens with zero attached hydrogens (tertiary/aromatic N) is 3. The maximum Gasteiger partial charge on any atom is 0.279 e. The van der Waals surface area contributed by atoms with E-state index in [1.807, 2.05) is 30.3 Å². The van der Waals surface area contributed by atoms with Crippen molar-refractivity contribution < 1.29 is 9.59 Å². The largest absolute Gasteiger partial charge is 0.279 e. The van der Waals surface area contributed by atoms with Crippen LogP contribution in [-0.4, -0.2) is 26.8 Å². The van der Waals surface area contributed by atoms with Crippen LogP contribution in [0.1, 0.15) is 20.9 Å². The van der Waals surface area contributed by atoms with Gasteiger partial charge in [-0.3, -0.25) is 20.4 Å². The molecule has 126 valence electrons. The summed E-state index contributed by atoms with van der Waals surface area (Å²) in [6.07, 6.45) is 4.55. The summed E-state index contributed by atoms with van der Waals surface area (Å²) in [7, 11) is 0. The standard InChI is InChI=1S/C17H15N5O2S/c23-16(19-20-17(24)15-7-4-10-25-15)9-8-14-12-22(21-18-14)11-13-5-2-1-3-6-13/h1-10,12H,11H2,(H,19,23)(H,20,24)/b9-8+. The third kappa shape index (κ3) is 4.85. The number of thiophene rings is 1. The summed E-state index contributed by atoms with van der Waals surface area (Å²) in [5, 5.41) is 9.78. The van der Waals surface area contributed by atoms with Gasteiger partial charge < -0.3 is 0 Å². The molecule has 3 rings (SSSR count). The van der Waals surface area contributed by atoms with Crippen molar-refractivity contribution >= 4 is 29.2 Å². The average molecular weight is 353 g/mol. The van der Waals surface area contributed by atoms with Gasteiger partial charge in [0.25, 0.3) is 11.8 Å². The third-order valence-corrected chi connectivity index (χ3v) is 4.06. The van der Waals surface area contributed by atoms with E-state index < -0.39 is 5.91 Å². The number of carbonyl (C=O) groups is 2. The maximum absolute atomic E-state index is 11.7. The van der Waals surface area contributed by atoms with Gasteiger partial charge in [-0.1, -0.05) is 41.6 Å². The maximum atomic E-state index is 11.7. The van der Waals surface area contributed by atoms with Crippen LogP contribution in [0.2, 0.25) is 0 Å². The third-order valence-electron chi connectivity index (χ3n) is 3.19. The lowest BCUT2D eigenvalue weighted by atomic mass is 10.2. The summed E-state index contributed by atoms with van der Waals surface area (Å²) in [5.41, 5.74) is 6.31. The van der Waals surface area contributed by atoms with Crippen molar-refractivity contribution in [3.8, 4) is 0 Å². The van der Waals surface area contributed by atoms with Crippen LogP contribution in [-0.2, 0) is 11.3 Å². The van der Waals surface area contributed by atoms with Crippen molar-refractivity contribution in [3.63, 3.8) is 0 Å². The minimum absolute atomic E-state index is 0.356. The summed E-state index contributed by atoms with van der Waals surface area (Å²) in [5.74, 6) is -0.812. The van der Waals surface area contributed by atoms with E-state index in [-0.39, 0.29) is 5.91 Å². The van der Waals surface area contributed by atoms with Crippen LogP contribution in [0.4, 0.5) is 0 Å². The van der Waals surface area contributed by atoms with Gasteiger partial charge in [0.05, 0.1) is 17.6 Å². The van der Waals surface area contributed by atoms with Crippen molar-refractivity contribution in [1.82, 2.24) is 25.8 Å². The molecular formula is C17H15N5O2S. The number of hydrogen-bond donors (Lipinski definition) is 2. The van der Waals surface area contributed by atoms with E-state index in [2.05, 4.69) is 21.2 Å². The Bertz CT molecular complexity index is 872. The first kappa shape index (κ1) is 16.6. The average Bonchev–Trinajstić information content (AvgIpc) is 3.31. The molecule has 0 atom stereocenters. The SMILES string of the molecule is O=C(/C=C/c1cn(Cc2ccccc2)nn1)NNC(=O)c1cccs1. The predicted octanol–water partition coefficient (Wildman–Crippen LogP) is 1.86. The fourth-order valence-electron chi connectivity index (χ4n) is 2.03. The molecule has 0 fully saturated rings. The van der Waals surface area contributed by atoms with E-state index in [4.69, 9.17) is 0 Å². The van der Waals surface area contributed by atoms with Gasteiger partial charge >= 0.3 is 0 Å². The number of aromatic nitrogens is 3. The molecule has 0 aliphatic carbocycles. The van der Waals surface area contributed by atoms with E-state index in [1.54, 1.807) is 28.4 Å². The Morgan fingerprint density at radius 3 is 2.72 bits per heavy atom. The molecule has 25 heavy (non-hydrogen) atoms. The van der Waals surface area contributed by atoms with E-state index in [0.29, 0.717) is 17.1 Å². The van der Waals surface area contributed by atoms with Crippen LogP contribution in [0.5, 0.6) is 0 Å². The highest BCUT2D eigenvalue weighted by Gasteiger charge is 2.06. The van der Waals surface area contributed by atoms with Crippen molar-refractivity contribution in [3.05, 3.63) is 76.3 Å². The zero-order valence-corrected chi connectivity index (χ0v) is 13.9. The molecule has 1 aromatic carbocycles.